The van der Waals surface area contributed by atoms with Crippen LogP contribution in [-0.4, -0.2) is 29.1 Å². The summed E-state index contributed by atoms with van der Waals surface area (Å²) >= 11 is 0. The maximum atomic E-state index is 11.7. The number of nitrogens with one attached hydrogen (secondary N) is 2. The van der Waals surface area contributed by atoms with E-state index < -0.39 is 10.0 Å². The SMILES string of the molecule is CCS(=O)(=O)Nc1cc(C(C)(C)C)nc2nc[nH]c12. The van der Waals surface area contributed by atoms with Gasteiger partial charge >= 0.3 is 0 Å². The van der Waals surface area contributed by atoms with Crippen molar-refractivity contribution in [3.63, 3.8) is 0 Å². The van der Waals surface area contributed by atoms with Gasteiger partial charge in [-0.2, -0.15) is 0 Å². The average molecular weight is 282 g/mol. The standard InChI is InChI=1S/C12H18N4O2S/c1-5-19(17,18)16-8-6-9(12(2,3)4)15-11-10(8)13-7-14-11/h6-7H,5H2,1-4H3,(H2,13,14,15,16). The molecule has 0 bridgehead atoms. The molecule has 104 valence electrons. The summed E-state index contributed by atoms with van der Waals surface area (Å²) in [5, 5.41) is 0. The van der Waals surface area contributed by atoms with E-state index in [1.807, 2.05) is 20.8 Å². The molecule has 2 heterocycles. The summed E-state index contributed by atoms with van der Waals surface area (Å²) < 4.78 is 26.0. The maximum Gasteiger partial charge on any atom is 0.232 e. The zero-order valence-corrected chi connectivity index (χ0v) is 12.3. The van der Waals surface area contributed by atoms with E-state index in [4.69, 9.17) is 0 Å². The van der Waals surface area contributed by atoms with Crippen LogP contribution in [0.5, 0.6) is 0 Å². The first-order chi connectivity index (χ1) is 8.73. The topological polar surface area (TPSA) is 87.7 Å². The lowest BCUT2D eigenvalue weighted by molar-refractivity contribution is 0.571. The number of aromatic nitrogens is 3. The van der Waals surface area contributed by atoms with E-state index in [1.54, 1.807) is 13.0 Å². The molecule has 6 nitrogen and oxygen atoms in total. The van der Waals surface area contributed by atoms with Crippen LogP contribution in [-0.2, 0) is 15.4 Å². The average Bonchev–Trinajstić information content (AvgIpc) is 2.75. The molecule has 0 aliphatic rings. The first kappa shape index (κ1) is 13.8. The number of rotatable bonds is 3. The molecule has 0 radical (unpaired) electrons. The maximum absolute atomic E-state index is 11.7. The molecule has 0 amide bonds. The molecule has 0 aromatic carbocycles. The highest BCUT2D eigenvalue weighted by atomic mass is 32.2. The monoisotopic (exact) mass is 282 g/mol. The van der Waals surface area contributed by atoms with Crippen LogP contribution in [0.25, 0.3) is 11.2 Å². The van der Waals surface area contributed by atoms with Gasteiger partial charge in [-0.05, 0) is 13.0 Å². The van der Waals surface area contributed by atoms with Crippen molar-refractivity contribution in [1.29, 1.82) is 0 Å². The predicted octanol–water partition coefficient (Wildman–Crippen LogP) is 2.02. The Morgan fingerprint density at radius 3 is 2.63 bits per heavy atom. The normalized spacial score (nSPS) is 12.8. The zero-order chi connectivity index (χ0) is 14.3. The Bertz CT molecular complexity index is 698. The van der Waals surface area contributed by atoms with Crippen molar-refractivity contribution in [1.82, 2.24) is 15.0 Å². The van der Waals surface area contributed by atoms with Crippen molar-refractivity contribution in [2.24, 2.45) is 0 Å². The number of aromatic amines is 1. The first-order valence-electron chi connectivity index (χ1n) is 6.08. The smallest absolute Gasteiger partial charge is 0.232 e. The molecule has 0 aliphatic carbocycles. The van der Waals surface area contributed by atoms with E-state index in [0.29, 0.717) is 16.9 Å². The van der Waals surface area contributed by atoms with Crippen molar-refractivity contribution in [2.45, 2.75) is 33.1 Å². The molecular weight excluding hydrogens is 264 g/mol. The van der Waals surface area contributed by atoms with E-state index in [9.17, 15) is 8.42 Å². The molecule has 2 rings (SSSR count). The van der Waals surface area contributed by atoms with E-state index in [2.05, 4.69) is 19.7 Å². The summed E-state index contributed by atoms with van der Waals surface area (Å²) in [4.78, 5) is 11.5. The third-order valence-electron chi connectivity index (χ3n) is 2.81. The molecule has 0 atom stereocenters. The lowest BCUT2D eigenvalue weighted by Gasteiger charge is -2.19. The minimum atomic E-state index is -3.33. The van der Waals surface area contributed by atoms with Crippen LogP contribution in [0.1, 0.15) is 33.4 Å². The van der Waals surface area contributed by atoms with E-state index in [0.717, 1.165) is 5.69 Å². The van der Waals surface area contributed by atoms with Gasteiger partial charge in [-0.15, -0.1) is 0 Å². The molecule has 0 saturated heterocycles. The number of pyridine rings is 1. The minimum Gasteiger partial charge on any atom is -0.341 e. The summed E-state index contributed by atoms with van der Waals surface area (Å²) in [6.45, 7) is 7.65. The second kappa shape index (κ2) is 4.48. The molecule has 2 aromatic heterocycles. The Balaban J connectivity index is 2.61. The Kier molecular flexibility index (Phi) is 3.25. The second-order valence-electron chi connectivity index (χ2n) is 5.41. The van der Waals surface area contributed by atoms with Gasteiger partial charge in [-0.3, -0.25) is 4.72 Å². The van der Waals surface area contributed by atoms with Gasteiger partial charge in [0.25, 0.3) is 0 Å². The third kappa shape index (κ3) is 2.86. The fourth-order valence-electron chi connectivity index (χ4n) is 1.63. The molecule has 0 unspecified atom stereocenters. The van der Waals surface area contributed by atoms with Crippen LogP contribution in [0.2, 0.25) is 0 Å². The van der Waals surface area contributed by atoms with Crippen LogP contribution >= 0.6 is 0 Å². The molecule has 0 spiro atoms. The van der Waals surface area contributed by atoms with Crippen molar-refractivity contribution in [3.05, 3.63) is 18.1 Å². The van der Waals surface area contributed by atoms with E-state index in [-0.39, 0.29) is 11.2 Å². The van der Waals surface area contributed by atoms with Gasteiger partial charge in [0.2, 0.25) is 10.0 Å². The molecular formula is C12H18N4O2S. The summed E-state index contributed by atoms with van der Waals surface area (Å²) in [6, 6.07) is 1.76. The van der Waals surface area contributed by atoms with Gasteiger partial charge in [-0.1, -0.05) is 20.8 Å². The lowest BCUT2D eigenvalue weighted by Crippen LogP contribution is -2.18. The molecule has 0 fully saturated rings. The number of fused-ring (bicyclic) bond motifs is 1. The molecule has 2 N–H and O–H groups in total. The number of hydrogen-bond donors (Lipinski definition) is 2. The van der Waals surface area contributed by atoms with Crippen LogP contribution < -0.4 is 4.72 Å². The van der Waals surface area contributed by atoms with Gasteiger partial charge in [0.1, 0.15) is 5.52 Å². The molecule has 2 aromatic rings. The highest BCUT2D eigenvalue weighted by Gasteiger charge is 2.20. The first-order valence-corrected chi connectivity index (χ1v) is 7.73. The fourth-order valence-corrected chi connectivity index (χ4v) is 2.27. The number of H-pyrrole nitrogens is 1. The Morgan fingerprint density at radius 1 is 1.37 bits per heavy atom. The molecule has 7 heteroatoms. The third-order valence-corrected chi connectivity index (χ3v) is 4.10. The number of anilines is 1. The minimum absolute atomic E-state index is 0.0236. The van der Waals surface area contributed by atoms with Gasteiger partial charge in [-0.25, -0.2) is 18.4 Å². The highest BCUT2D eigenvalue weighted by molar-refractivity contribution is 7.92. The van der Waals surface area contributed by atoms with Gasteiger partial charge in [0.05, 0.1) is 23.5 Å². The van der Waals surface area contributed by atoms with Crippen molar-refractivity contribution in [3.8, 4) is 0 Å². The Morgan fingerprint density at radius 2 is 2.05 bits per heavy atom. The van der Waals surface area contributed by atoms with E-state index >= 15 is 0 Å². The summed E-state index contributed by atoms with van der Waals surface area (Å²) in [5.74, 6) is 0.0236. The summed E-state index contributed by atoms with van der Waals surface area (Å²) in [7, 11) is -3.33. The number of hydrogen-bond acceptors (Lipinski definition) is 4. The fraction of sp³-hybridized carbons (Fsp3) is 0.500. The van der Waals surface area contributed by atoms with Gasteiger partial charge < -0.3 is 4.98 Å². The molecule has 0 saturated carbocycles. The Hall–Kier alpha value is -1.63. The van der Waals surface area contributed by atoms with Crippen molar-refractivity contribution < 1.29 is 8.42 Å². The predicted molar refractivity (Wildman–Crippen MR) is 75.7 cm³/mol. The zero-order valence-electron chi connectivity index (χ0n) is 11.5. The Labute approximate surface area is 112 Å². The number of nitrogens with zero attached hydrogens (tertiary/aromatic N) is 2. The highest BCUT2D eigenvalue weighted by Crippen LogP contribution is 2.28. The van der Waals surface area contributed by atoms with Crippen LogP contribution in [0.3, 0.4) is 0 Å². The second-order valence-corrected chi connectivity index (χ2v) is 7.42. The number of imidazole rings is 1. The van der Waals surface area contributed by atoms with Crippen LogP contribution in [0, 0.1) is 0 Å². The largest absolute Gasteiger partial charge is 0.341 e. The van der Waals surface area contributed by atoms with Gasteiger partial charge in [0.15, 0.2) is 5.65 Å². The quantitative estimate of drug-likeness (QED) is 0.901. The van der Waals surface area contributed by atoms with Crippen molar-refractivity contribution in [2.75, 3.05) is 10.5 Å². The van der Waals surface area contributed by atoms with E-state index in [1.165, 1.54) is 6.33 Å². The van der Waals surface area contributed by atoms with Crippen LogP contribution in [0.15, 0.2) is 12.4 Å². The lowest BCUT2D eigenvalue weighted by atomic mass is 9.91. The number of sulfonamides is 1. The summed E-state index contributed by atoms with van der Waals surface area (Å²) in [6.07, 6.45) is 1.51. The van der Waals surface area contributed by atoms with Gasteiger partial charge in [0, 0.05) is 5.41 Å². The molecule has 0 aliphatic heterocycles. The molecule has 19 heavy (non-hydrogen) atoms. The van der Waals surface area contributed by atoms with Crippen LogP contribution in [0.4, 0.5) is 5.69 Å². The van der Waals surface area contributed by atoms with Crippen molar-refractivity contribution >= 4 is 26.9 Å². The summed E-state index contributed by atoms with van der Waals surface area (Å²) in [5.41, 5.74) is 2.22.